The number of carbonyl (C=O) groups is 2. The van der Waals surface area contributed by atoms with Crippen LogP contribution in [0.15, 0.2) is 0 Å². The first kappa shape index (κ1) is 14.2. The molecule has 0 saturated carbocycles. The largest absolute Gasteiger partial charge is 0.480 e. The quantitative estimate of drug-likeness (QED) is 0.568. The number of hydrogen-bond donors (Lipinski definition) is 3. The van der Waals surface area contributed by atoms with Crippen molar-refractivity contribution in [3.63, 3.8) is 0 Å². The highest BCUT2D eigenvalue weighted by Gasteiger charge is 2.39. The van der Waals surface area contributed by atoms with E-state index in [4.69, 9.17) is 5.11 Å². The van der Waals surface area contributed by atoms with Crippen molar-refractivity contribution in [2.75, 3.05) is 39.3 Å². The molecule has 0 aliphatic carbocycles. The third-order valence-corrected chi connectivity index (χ3v) is 3.68. The number of carboxylic acids is 1. The van der Waals surface area contributed by atoms with E-state index in [0.717, 1.165) is 32.6 Å². The molecule has 2 heterocycles. The van der Waals surface area contributed by atoms with Gasteiger partial charge in [0.2, 0.25) is 5.91 Å². The standard InChI is InChI=1S/C12H21N3O4/c16-9-6-10(12(18)19)15(7-9)11(17)8-14-4-1-2-13-3-5-14/h9-10,13,16H,1-8H2,(H,18,19). The van der Waals surface area contributed by atoms with Crippen molar-refractivity contribution in [2.24, 2.45) is 0 Å². The smallest absolute Gasteiger partial charge is 0.326 e. The highest BCUT2D eigenvalue weighted by atomic mass is 16.4. The van der Waals surface area contributed by atoms with Gasteiger partial charge in [-0.3, -0.25) is 9.69 Å². The molecule has 7 heteroatoms. The monoisotopic (exact) mass is 271 g/mol. The molecule has 2 saturated heterocycles. The molecule has 2 atom stereocenters. The maximum Gasteiger partial charge on any atom is 0.326 e. The maximum atomic E-state index is 12.2. The van der Waals surface area contributed by atoms with E-state index in [-0.39, 0.29) is 25.4 Å². The Balaban J connectivity index is 1.92. The fourth-order valence-electron chi connectivity index (χ4n) is 2.67. The highest BCUT2D eigenvalue weighted by Crippen LogP contribution is 2.18. The molecule has 7 nitrogen and oxygen atoms in total. The summed E-state index contributed by atoms with van der Waals surface area (Å²) in [7, 11) is 0. The maximum absolute atomic E-state index is 12.2. The Morgan fingerprint density at radius 3 is 2.79 bits per heavy atom. The molecule has 0 radical (unpaired) electrons. The molecule has 2 unspecified atom stereocenters. The number of nitrogens with zero attached hydrogens (tertiary/aromatic N) is 2. The van der Waals surface area contributed by atoms with Crippen molar-refractivity contribution < 1.29 is 19.8 Å². The second-order valence-electron chi connectivity index (χ2n) is 5.17. The van der Waals surface area contributed by atoms with Gasteiger partial charge < -0.3 is 20.4 Å². The fraction of sp³-hybridized carbons (Fsp3) is 0.833. The van der Waals surface area contributed by atoms with Crippen LogP contribution in [-0.2, 0) is 9.59 Å². The van der Waals surface area contributed by atoms with Crippen LogP contribution in [0.25, 0.3) is 0 Å². The van der Waals surface area contributed by atoms with Crippen LogP contribution in [0.5, 0.6) is 0 Å². The van der Waals surface area contributed by atoms with Crippen molar-refractivity contribution in [1.82, 2.24) is 15.1 Å². The number of carbonyl (C=O) groups excluding carboxylic acids is 1. The highest BCUT2D eigenvalue weighted by molar-refractivity contribution is 5.85. The van der Waals surface area contributed by atoms with Gasteiger partial charge >= 0.3 is 5.97 Å². The number of carboxylic acid groups (broad SMARTS) is 1. The normalized spacial score (nSPS) is 29.2. The number of aliphatic carboxylic acids is 1. The van der Waals surface area contributed by atoms with Crippen LogP contribution in [0.4, 0.5) is 0 Å². The third kappa shape index (κ3) is 3.65. The summed E-state index contributed by atoms with van der Waals surface area (Å²) < 4.78 is 0. The zero-order valence-corrected chi connectivity index (χ0v) is 10.9. The van der Waals surface area contributed by atoms with E-state index in [1.54, 1.807) is 0 Å². The lowest BCUT2D eigenvalue weighted by Gasteiger charge is -2.25. The van der Waals surface area contributed by atoms with Crippen molar-refractivity contribution >= 4 is 11.9 Å². The molecule has 0 aromatic rings. The minimum Gasteiger partial charge on any atom is -0.480 e. The van der Waals surface area contributed by atoms with Crippen molar-refractivity contribution in [2.45, 2.75) is 25.0 Å². The molecule has 0 aromatic carbocycles. The number of aliphatic hydroxyl groups is 1. The molecule has 2 rings (SSSR count). The molecule has 108 valence electrons. The molecule has 0 bridgehead atoms. The van der Waals surface area contributed by atoms with Gasteiger partial charge in [0.1, 0.15) is 6.04 Å². The van der Waals surface area contributed by atoms with Gasteiger partial charge in [0.05, 0.1) is 12.6 Å². The van der Waals surface area contributed by atoms with Gasteiger partial charge in [-0.2, -0.15) is 0 Å². The summed E-state index contributed by atoms with van der Waals surface area (Å²) in [5.74, 6) is -1.24. The first-order valence-electron chi connectivity index (χ1n) is 6.71. The second-order valence-corrected chi connectivity index (χ2v) is 5.17. The van der Waals surface area contributed by atoms with Crippen LogP contribution in [0.1, 0.15) is 12.8 Å². The van der Waals surface area contributed by atoms with Crippen molar-refractivity contribution in [3.05, 3.63) is 0 Å². The van der Waals surface area contributed by atoms with E-state index in [1.165, 1.54) is 4.90 Å². The van der Waals surface area contributed by atoms with E-state index in [0.29, 0.717) is 0 Å². The molecule has 3 N–H and O–H groups in total. The fourth-order valence-corrected chi connectivity index (χ4v) is 2.67. The lowest BCUT2D eigenvalue weighted by Crippen LogP contribution is -2.46. The molecule has 0 aromatic heterocycles. The molecular weight excluding hydrogens is 250 g/mol. The number of aliphatic hydroxyl groups excluding tert-OH is 1. The number of nitrogens with one attached hydrogen (secondary N) is 1. The summed E-state index contributed by atoms with van der Waals surface area (Å²) in [5, 5.41) is 21.9. The van der Waals surface area contributed by atoms with E-state index in [1.807, 2.05) is 4.90 Å². The summed E-state index contributed by atoms with van der Waals surface area (Å²) in [6.45, 7) is 3.79. The minimum absolute atomic E-state index is 0.127. The lowest BCUT2D eigenvalue weighted by molar-refractivity contribution is -0.148. The van der Waals surface area contributed by atoms with E-state index >= 15 is 0 Å². The Morgan fingerprint density at radius 1 is 1.26 bits per heavy atom. The Bertz CT molecular complexity index is 342. The van der Waals surface area contributed by atoms with Gasteiger partial charge in [0.25, 0.3) is 0 Å². The summed E-state index contributed by atoms with van der Waals surface area (Å²) in [5.41, 5.74) is 0. The van der Waals surface area contributed by atoms with E-state index in [2.05, 4.69) is 5.32 Å². The number of β-amino-alcohol motifs (C(OH)–C–C–N with tert-alkyl or cyclic N) is 1. The van der Waals surface area contributed by atoms with Gasteiger partial charge in [-0.1, -0.05) is 0 Å². The van der Waals surface area contributed by atoms with Crippen LogP contribution >= 0.6 is 0 Å². The van der Waals surface area contributed by atoms with Gasteiger partial charge in [0, 0.05) is 26.1 Å². The Hall–Kier alpha value is -1.18. The first-order valence-corrected chi connectivity index (χ1v) is 6.71. The summed E-state index contributed by atoms with van der Waals surface area (Å²) in [6.07, 6.45) is 0.386. The van der Waals surface area contributed by atoms with Crippen LogP contribution in [0.3, 0.4) is 0 Å². The Labute approximate surface area is 112 Å². The molecule has 2 aliphatic rings. The first-order chi connectivity index (χ1) is 9.08. The van der Waals surface area contributed by atoms with E-state index < -0.39 is 18.1 Å². The SMILES string of the molecule is O=C(O)C1CC(O)CN1C(=O)CN1CCCNCC1. The van der Waals surface area contributed by atoms with E-state index in [9.17, 15) is 14.7 Å². The molecule has 1 amide bonds. The number of rotatable bonds is 3. The van der Waals surface area contributed by atoms with Crippen LogP contribution < -0.4 is 5.32 Å². The number of amides is 1. The predicted octanol–water partition coefficient (Wildman–Crippen LogP) is -1.67. The lowest BCUT2D eigenvalue weighted by atomic mass is 10.2. The average Bonchev–Trinajstić information content (AvgIpc) is 2.58. The molecule has 2 fully saturated rings. The van der Waals surface area contributed by atoms with Gasteiger partial charge in [-0.25, -0.2) is 4.79 Å². The number of hydrogen-bond acceptors (Lipinski definition) is 5. The predicted molar refractivity (Wildman–Crippen MR) is 67.7 cm³/mol. The molecule has 19 heavy (non-hydrogen) atoms. The van der Waals surface area contributed by atoms with Crippen LogP contribution in [0, 0.1) is 0 Å². The molecule has 0 spiro atoms. The summed E-state index contributed by atoms with van der Waals surface area (Å²) in [6, 6.07) is -0.882. The van der Waals surface area contributed by atoms with Crippen molar-refractivity contribution in [3.8, 4) is 0 Å². The van der Waals surface area contributed by atoms with Crippen LogP contribution in [-0.4, -0.2) is 83.3 Å². The van der Waals surface area contributed by atoms with Crippen LogP contribution in [0.2, 0.25) is 0 Å². The molecular formula is C12H21N3O4. The summed E-state index contributed by atoms with van der Waals surface area (Å²) in [4.78, 5) is 26.6. The van der Waals surface area contributed by atoms with Gasteiger partial charge in [-0.05, 0) is 19.5 Å². The minimum atomic E-state index is -1.04. The average molecular weight is 271 g/mol. The van der Waals surface area contributed by atoms with Gasteiger partial charge in [0.15, 0.2) is 0 Å². The zero-order chi connectivity index (χ0) is 13.8. The third-order valence-electron chi connectivity index (χ3n) is 3.68. The molecule has 2 aliphatic heterocycles. The number of likely N-dealkylation sites (tertiary alicyclic amines) is 1. The van der Waals surface area contributed by atoms with Gasteiger partial charge in [-0.15, -0.1) is 0 Å². The topological polar surface area (TPSA) is 93.1 Å². The zero-order valence-electron chi connectivity index (χ0n) is 10.9. The Kier molecular flexibility index (Phi) is 4.73. The summed E-state index contributed by atoms with van der Waals surface area (Å²) >= 11 is 0. The van der Waals surface area contributed by atoms with Crippen molar-refractivity contribution in [1.29, 1.82) is 0 Å². The Morgan fingerprint density at radius 2 is 2.05 bits per heavy atom. The second kappa shape index (κ2) is 6.31.